The Labute approximate surface area is 189 Å². The molecular weight excluding hydrogens is 429 g/mol. The first kappa shape index (κ1) is 19.7. The lowest BCUT2D eigenvalue weighted by Crippen LogP contribution is -2.23. The van der Waals surface area contributed by atoms with Crippen LogP contribution in [0.5, 0.6) is 0 Å². The van der Waals surface area contributed by atoms with E-state index in [1.54, 1.807) is 39.5 Å². The highest BCUT2D eigenvalue weighted by molar-refractivity contribution is 6.30. The molecule has 4 nitrogen and oxygen atoms in total. The van der Waals surface area contributed by atoms with Crippen molar-refractivity contribution in [1.82, 2.24) is 9.13 Å². The van der Waals surface area contributed by atoms with E-state index in [-0.39, 0.29) is 11.6 Å². The van der Waals surface area contributed by atoms with Crippen LogP contribution in [0.25, 0.3) is 27.5 Å². The Morgan fingerprint density at radius 3 is 1.97 bits per heavy atom. The van der Waals surface area contributed by atoms with Crippen LogP contribution in [-0.2, 0) is 0 Å². The summed E-state index contributed by atoms with van der Waals surface area (Å²) in [4.78, 5) is 17.4. The summed E-state index contributed by atoms with van der Waals surface area (Å²) in [5, 5.41) is 1.22. The van der Waals surface area contributed by atoms with Gasteiger partial charge in [-0.15, -0.1) is 0 Å². The monoisotopic (exact) mass is 445 g/mol. The zero-order valence-electron chi connectivity index (χ0n) is 16.4. The maximum Gasteiger partial charge on any atom is 0.338 e. The maximum atomic E-state index is 13.8. The standard InChI is InChI=1S/C25H17Cl2N3O/c1-28-20-4-2-3-17(15-20)24-23(16-5-6-16)29(21-11-7-18(26)8-12-21)25(31)30(24)22-13-9-19(27)10-14-22/h2-4,7-16H,5-6H2. The highest BCUT2D eigenvalue weighted by Gasteiger charge is 2.34. The topological polar surface area (TPSA) is 31.3 Å². The minimum atomic E-state index is -0.158. The van der Waals surface area contributed by atoms with Gasteiger partial charge in [0.25, 0.3) is 0 Å². The molecule has 4 aromatic rings. The van der Waals surface area contributed by atoms with Crippen LogP contribution >= 0.6 is 23.2 Å². The fourth-order valence-corrected chi connectivity index (χ4v) is 4.17. The van der Waals surface area contributed by atoms with Crippen molar-refractivity contribution in [2.75, 3.05) is 0 Å². The largest absolute Gasteiger partial charge is 0.338 e. The second kappa shape index (κ2) is 7.77. The first-order valence-electron chi connectivity index (χ1n) is 9.94. The van der Waals surface area contributed by atoms with Crippen LogP contribution in [0.2, 0.25) is 10.0 Å². The van der Waals surface area contributed by atoms with E-state index in [9.17, 15) is 4.79 Å². The second-order valence-corrected chi connectivity index (χ2v) is 8.45. The maximum absolute atomic E-state index is 13.8. The number of imidazole rings is 1. The van der Waals surface area contributed by atoms with E-state index in [0.29, 0.717) is 15.7 Å². The summed E-state index contributed by atoms with van der Waals surface area (Å²) in [6.07, 6.45) is 2.04. The fraction of sp³-hybridized carbons (Fsp3) is 0.120. The second-order valence-electron chi connectivity index (χ2n) is 7.58. The van der Waals surface area contributed by atoms with Crippen molar-refractivity contribution >= 4 is 28.9 Å². The van der Waals surface area contributed by atoms with Gasteiger partial charge in [0.05, 0.1) is 29.3 Å². The Kier molecular flexibility index (Phi) is 4.94. The van der Waals surface area contributed by atoms with Gasteiger partial charge in [-0.2, -0.15) is 0 Å². The van der Waals surface area contributed by atoms with Gasteiger partial charge >= 0.3 is 5.69 Å². The molecule has 1 saturated carbocycles. The van der Waals surface area contributed by atoms with Gasteiger partial charge < -0.3 is 0 Å². The fourth-order valence-electron chi connectivity index (χ4n) is 3.92. The molecule has 1 fully saturated rings. The number of hydrogen-bond acceptors (Lipinski definition) is 1. The summed E-state index contributed by atoms with van der Waals surface area (Å²) < 4.78 is 3.50. The van der Waals surface area contributed by atoms with E-state index < -0.39 is 0 Å². The Bertz CT molecular complexity index is 1370. The van der Waals surface area contributed by atoms with Crippen molar-refractivity contribution in [3.05, 3.63) is 110 Å². The van der Waals surface area contributed by atoms with Crippen LogP contribution in [0, 0.1) is 6.57 Å². The molecule has 1 aromatic heterocycles. The third-order valence-electron chi connectivity index (χ3n) is 5.47. The molecule has 0 saturated heterocycles. The third-order valence-corrected chi connectivity index (χ3v) is 5.98. The molecule has 0 amide bonds. The number of rotatable bonds is 4. The summed E-state index contributed by atoms with van der Waals surface area (Å²) >= 11 is 12.2. The van der Waals surface area contributed by atoms with Crippen LogP contribution in [0.1, 0.15) is 24.5 Å². The molecule has 1 aliphatic carbocycles. The van der Waals surface area contributed by atoms with Gasteiger partial charge in [-0.05, 0) is 73.0 Å². The number of benzene rings is 3. The highest BCUT2D eigenvalue weighted by atomic mass is 35.5. The van der Waals surface area contributed by atoms with Crippen molar-refractivity contribution in [2.24, 2.45) is 0 Å². The average molecular weight is 446 g/mol. The van der Waals surface area contributed by atoms with Crippen molar-refractivity contribution < 1.29 is 0 Å². The Morgan fingerprint density at radius 1 is 0.839 bits per heavy atom. The zero-order valence-corrected chi connectivity index (χ0v) is 17.9. The Morgan fingerprint density at radius 2 is 1.42 bits per heavy atom. The van der Waals surface area contributed by atoms with E-state index in [2.05, 4.69) is 4.85 Å². The highest BCUT2D eigenvalue weighted by Crippen LogP contribution is 2.46. The summed E-state index contributed by atoms with van der Waals surface area (Å²) in [5.74, 6) is 0.281. The molecule has 5 rings (SSSR count). The summed E-state index contributed by atoms with van der Waals surface area (Å²) in [7, 11) is 0. The van der Waals surface area contributed by atoms with Gasteiger partial charge in [-0.25, -0.2) is 9.64 Å². The van der Waals surface area contributed by atoms with E-state index in [0.717, 1.165) is 41.2 Å². The molecule has 0 radical (unpaired) electrons. The van der Waals surface area contributed by atoms with E-state index in [4.69, 9.17) is 29.8 Å². The van der Waals surface area contributed by atoms with E-state index >= 15 is 0 Å². The number of nitrogens with zero attached hydrogens (tertiary/aromatic N) is 3. The molecule has 0 unspecified atom stereocenters. The van der Waals surface area contributed by atoms with Gasteiger partial charge in [0, 0.05) is 16.0 Å². The molecule has 0 aliphatic heterocycles. The van der Waals surface area contributed by atoms with Crippen molar-refractivity contribution in [3.8, 4) is 22.6 Å². The summed E-state index contributed by atoms with van der Waals surface area (Å²) in [5.41, 5.74) is 4.50. The zero-order chi connectivity index (χ0) is 21.5. The van der Waals surface area contributed by atoms with Gasteiger partial charge in [0.1, 0.15) is 0 Å². The number of hydrogen-bond donors (Lipinski definition) is 0. The number of halogens is 2. The molecule has 3 aromatic carbocycles. The molecule has 1 aliphatic rings. The van der Waals surface area contributed by atoms with Crippen molar-refractivity contribution in [1.29, 1.82) is 0 Å². The van der Waals surface area contributed by atoms with E-state index in [1.165, 1.54) is 0 Å². The molecular formula is C25H17Cl2N3O. The lowest BCUT2D eigenvalue weighted by atomic mass is 10.1. The van der Waals surface area contributed by atoms with Gasteiger partial charge in [-0.3, -0.25) is 9.13 Å². The van der Waals surface area contributed by atoms with Crippen LogP contribution in [0.3, 0.4) is 0 Å². The minimum Gasteiger partial charge on any atom is -0.264 e. The number of aromatic nitrogens is 2. The molecule has 0 bridgehead atoms. The predicted molar refractivity (Wildman–Crippen MR) is 125 cm³/mol. The summed E-state index contributed by atoms with van der Waals surface area (Å²) in [6.45, 7) is 7.42. The smallest absolute Gasteiger partial charge is 0.264 e. The van der Waals surface area contributed by atoms with Crippen LogP contribution in [-0.4, -0.2) is 9.13 Å². The first-order valence-corrected chi connectivity index (χ1v) is 10.7. The van der Waals surface area contributed by atoms with Gasteiger partial charge in [-0.1, -0.05) is 41.4 Å². The van der Waals surface area contributed by atoms with Crippen LogP contribution < -0.4 is 5.69 Å². The normalized spacial score (nSPS) is 13.2. The SMILES string of the molecule is [C-]#[N+]c1cccc(-c2c(C3CC3)n(-c3ccc(Cl)cc3)c(=O)n2-c2ccc(Cl)cc2)c1. The molecule has 6 heteroatoms. The molecule has 0 spiro atoms. The van der Waals surface area contributed by atoms with E-state index in [1.807, 2.05) is 42.5 Å². The molecule has 0 N–H and O–H groups in total. The van der Waals surface area contributed by atoms with Gasteiger partial charge in [0.15, 0.2) is 5.69 Å². The van der Waals surface area contributed by atoms with Crippen LogP contribution in [0.15, 0.2) is 77.6 Å². The lowest BCUT2D eigenvalue weighted by Gasteiger charge is -2.11. The molecule has 31 heavy (non-hydrogen) atoms. The Hall–Kier alpha value is -3.26. The third kappa shape index (κ3) is 3.57. The average Bonchev–Trinajstić information content (AvgIpc) is 3.58. The molecule has 152 valence electrons. The molecule has 0 atom stereocenters. The lowest BCUT2D eigenvalue weighted by molar-refractivity contribution is 0.868. The Balaban J connectivity index is 1.87. The minimum absolute atomic E-state index is 0.158. The van der Waals surface area contributed by atoms with Crippen LogP contribution in [0.4, 0.5) is 5.69 Å². The quantitative estimate of drug-likeness (QED) is 0.310. The van der Waals surface area contributed by atoms with Crippen molar-refractivity contribution in [2.45, 2.75) is 18.8 Å². The van der Waals surface area contributed by atoms with Gasteiger partial charge in [0.2, 0.25) is 0 Å². The molecule has 1 heterocycles. The predicted octanol–water partition coefficient (Wildman–Crippen LogP) is 7.03. The first-order chi connectivity index (χ1) is 15.1. The van der Waals surface area contributed by atoms with Crippen molar-refractivity contribution in [3.63, 3.8) is 0 Å². The summed E-state index contributed by atoms with van der Waals surface area (Å²) in [6, 6.07) is 22.0.